The molecule has 0 unspecified atom stereocenters. The summed E-state index contributed by atoms with van der Waals surface area (Å²) >= 11 is 0. The molecule has 0 atom stereocenters. The number of benzene rings is 2. The maximum atomic E-state index is 13.4. The SMILES string of the molecule is CCNCc1ccc(COc2cccc(F)c2F)cc1. The lowest BCUT2D eigenvalue weighted by atomic mass is 10.1. The van der Waals surface area contributed by atoms with E-state index in [0.29, 0.717) is 0 Å². The van der Waals surface area contributed by atoms with E-state index < -0.39 is 11.6 Å². The number of ether oxygens (including phenoxy) is 1. The average Bonchev–Trinajstić information content (AvgIpc) is 2.48. The van der Waals surface area contributed by atoms with Crippen molar-refractivity contribution < 1.29 is 13.5 Å². The average molecular weight is 277 g/mol. The van der Waals surface area contributed by atoms with Crippen molar-refractivity contribution in [1.82, 2.24) is 5.32 Å². The zero-order chi connectivity index (χ0) is 14.4. The maximum absolute atomic E-state index is 13.4. The third kappa shape index (κ3) is 3.78. The van der Waals surface area contributed by atoms with Gasteiger partial charge in [-0.05, 0) is 29.8 Å². The highest BCUT2D eigenvalue weighted by Gasteiger charge is 2.08. The Bertz CT molecular complexity index is 555. The van der Waals surface area contributed by atoms with E-state index in [0.717, 1.165) is 24.7 Å². The van der Waals surface area contributed by atoms with Crippen LogP contribution in [0, 0.1) is 11.6 Å². The summed E-state index contributed by atoms with van der Waals surface area (Å²) in [5.74, 6) is -1.92. The lowest BCUT2D eigenvalue weighted by Gasteiger charge is -2.08. The first kappa shape index (κ1) is 14.5. The monoisotopic (exact) mass is 277 g/mol. The van der Waals surface area contributed by atoms with Gasteiger partial charge in [0.15, 0.2) is 11.6 Å². The second-order valence-corrected chi connectivity index (χ2v) is 4.44. The second-order valence-electron chi connectivity index (χ2n) is 4.44. The van der Waals surface area contributed by atoms with Gasteiger partial charge in [-0.1, -0.05) is 37.3 Å². The van der Waals surface area contributed by atoms with E-state index in [2.05, 4.69) is 12.2 Å². The first-order valence-corrected chi connectivity index (χ1v) is 6.56. The van der Waals surface area contributed by atoms with E-state index in [4.69, 9.17) is 4.74 Å². The third-order valence-electron chi connectivity index (χ3n) is 2.91. The van der Waals surface area contributed by atoms with Gasteiger partial charge < -0.3 is 10.1 Å². The third-order valence-corrected chi connectivity index (χ3v) is 2.91. The van der Waals surface area contributed by atoms with Crippen LogP contribution in [-0.2, 0) is 13.2 Å². The van der Waals surface area contributed by atoms with Gasteiger partial charge in [0.25, 0.3) is 0 Å². The van der Waals surface area contributed by atoms with Crippen LogP contribution in [0.4, 0.5) is 8.78 Å². The fourth-order valence-electron chi connectivity index (χ4n) is 1.78. The molecular formula is C16H17F2NO. The molecule has 106 valence electrons. The molecule has 4 heteroatoms. The van der Waals surface area contributed by atoms with Crippen LogP contribution in [0.1, 0.15) is 18.1 Å². The molecule has 0 bridgehead atoms. The van der Waals surface area contributed by atoms with Crippen molar-refractivity contribution in [2.24, 2.45) is 0 Å². The van der Waals surface area contributed by atoms with Crippen LogP contribution < -0.4 is 10.1 Å². The van der Waals surface area contributed by atoms with Gasteiger partial charge in [-0.15, -0.1) is 0 Å². The van der Waals surface area contributed by atoms with E-state index in [-0.39, 0.29) is 12.4 Å². The highest BCUT2D eigenvalue weighted by molar-refractivity contribution is 5.26. The molecule has 0 aliphatic rings. The standard InChI is InChI=1S/C16H17F2NO/c1-2-19-10-12-6-8-13(9-7-12)11-20-15-5-3-4-14(17)16(15)18/h3-9,19H,2,10-11H2,1H3. The zero-order valence-electron chi connectivity index (χ0n) is 11.3. The molecule has 0 heterocycles. The van der Waals surface area contributed by atoms with Crippen molar-refractivity contribution in [1.29, 1.82) is 0 Å². The van der Waals surface area contributed by atoms with Gasteiger partial charge in [-0.2, -0.15) is 4.39 Å². The molecule has 2 rings (SSSR count). The van der Waals surface area contributed by atoms with Gasteiger partial charge in [0.2, 0.25) is 5.82 Å². The van der Waals surface area contributed by atoms with Gasteiger partial charge in [0.1, 0.15) is 6.61 Å². The summed E-state index contributed by atoms with van der Waals surface area (Å²) in [5, 5.41) is 3.23. The Morgan fingerprint density at radius 3 is 2.40 bits per heavy atom. The molecule has 0 aliphatic carbocycles. The van der Waals surface area contributed by atoms with E-state index in [1.54, 1.807) is 0 Å². The van der Waals surface area contributed by atoms with E-state index in [1.165, 1.54) is 17.7 Å². The number of hydrogen-bond acceptors (Lipinski definition) is 2. The quantitative estimate of drug-likeness (QED) is 0.870. The van der Waals surface area contributed by atoms with Crippen LogP contribution >= 0.6 is 0 Å². The zero-order valence-corrected chi connectivity index (χ0v) is 11.3. The molecule has 0 radical (unpaired) electrons. The Hall–Kier alpha value is -1.94. The van der Waals surface area contributed by atoms with Crippen molar-refractivity contribution in [3.8, 4) is 5.75 Å². The summed E-state index contributed by atoms with van der Waals surface area (Å²) in [6.45, 7) is 4.00. The summed E-state index contributed by atoms with van der Waals surface area (Å²) < 4.78 is 31.7. The molecule has 2 aromatic rings. The van der Waals surface area contributed by atoms with E-state index in [1.807, 2.05) is 24.3 Å². The molecule has 0 fully saturated rings. The first-order chi connectivity index (χ1) is 9.70. The highest BCUT2D eigenvalue weighted by atomic mass is 19.2. The fourth-order valence-corrected chi connectivity index (χ4v) is 1.78. The van der Waals surface area contributed by atoms with Crippen molar-refractivity contribution >= 4 is 0 Å². The van der Waals surface area contributed by atoms with Crippen LogP contribution in [0.25, 0.3) is 0 Å². The summed E-state index contributed by atoms with van der Waals surface area (Å²) in [5.41, 5.74) is 2.08. The maximum Gasteiger partial charge on any atom is 0.200 e. The van der Waals surface area contributed by atoms with Crippen molar-refractivity contribution in [2.75, 3.05) is 6.54 Å². The Labute approximate surface area is 117 Å². The van der Waals surface area contributed by atoms with Crippen molar-refractivity contribution in [2.45, 2.75) is 20.1 Å². The normalized spacial score (nSPS) is 10.6. The molecule has 0 aromatic heterocycles. The van der Waals surface area contributed by atoms with Crippen molar-refractivity contribution in [3.05, 3.63) is 65.2 Å². The van der Waals surface area contributed by atoms with Crippen LogP contribution in [0.15, 0.2) is 42.5 Å². The number of nitrogens with one attached hydrogen (secondary N) is 1. The predicted molar refractivity (Wildman–Crippen MR) is 74.5 cm³/mol. The van der Waals surface area contributed by atoms with Gasteiger partial charge in [-0.3, -0.25) is 0 Å². The topological polar surface area (TPSA) is 21.3 Å². The van der Waals surface area contributed by atoms with Gasteiger partial charge in [-0.25, -0.2) is 4.39 Å². The molecule has 1 N–H and O–H groups in total. The molecule has 2 nitrogen and oxygen atoms in total. The lowest BCUT2D eigenvalue weighted by molar-refractivity contribution is 0.284. The molecule has 20 heavy (non-hydrogen) atoms. The second kappa shape index (κ2) is 7.01. The summed E-state index contributed by atoms with van der Waals surface area (Å²) in [6, 6.07) is 11.7. The Balaban J connectivity index is 1.95. The Morgan fingerprint density at radius 1 is 1.00 bits per heavy atom. The smallest absolute Gasteiger partial charge is 0.200 e. The molecule has 0 saturated heterocycles. The van der Waals surface area contributed by atoms with Crippen LogP contribution in [-0.4, -0.2) is 6.54 Å². The Kier molecular flexibility index (Phi) is 5.07. The number of halogens is 2. The molecule has 0 spiro atoms. The summed E-state index contributed by atoms with van der Waals surface area (Å²) in [7, 11) is 0. The van der Waals surface area contributed by atoms with Gasteiger partial charge in [0, 0.05) is 6.54 Å². The largest absolute Gasteiger partial charge is 0.486 e. The number of hydrogen-bond donors (Lipinski definition) is 1. The van der Waals surface area contributed by atoms with Gasteiger partial charge in [0.05, 0.1) is 0 Å². The summed E-state index contributed by atoms with van der Waals surface area (Å²) in [4.78, 5) is 0. The lowest BCUT2D eigenvalue weighted by Crippen LogP contribution is -2.11. The Morgan fingerprint density at radius 2 is 1.70 bits per heavy atom. The van der Waals surface area contributed by atoms with E-state index >= 15 is 0 Å². The van der Waals surface area contributed by atoms with Crippen LogP contribution in [0.5, 0.6) is 5.75 Å². The van der Waals surface area contributed by atoms with Crippen LogP contribution in [0.2, 0.25) is 0 Å². The fraction of sp³-hybridized carbons (Fsp3) is 0.250. The molecule has 0 saturated carbocycles. The molecule has 2 aromatic carbocycles. The molecule has 0 amide bonds. The highest BCUT2D eigenvalue weighted by Crippen LogP contribution is 2.20. The predicted octanol–water partition coefficient (Wildman–Crippen LogP) is 3.65. The summed E-state index contributed by atoms with van der Waals surface area (Å²) in [6.07, 6.45) is 0. The van der Waals surface area contributed by atoms with Gasteiger partial charge >= 0.3 is 0 Å². The first-order valence-electron chi connectivity index (χ1n) is 6.56. The van der Waals surface area contributed by atoms with Crippen molar-refractivity contribution in [3.63, 3.8) is 0 Å². The van der Waals surface area contributed by atoms with Crippen LogP contribution in [0.3, 0.4) is 0 Å². The minimum Gasteiger partial charge on any atom is -0.486 e. The minimum atomic E-state index is -0.948. The number of rotatable bonds is 6. The molecule has 0 aliphatic heterocycles. The minimum absolute atomic E-state index is 0.0678. The van der Waals surface area contributed by atoms with E-state index in [9.17, 15) is 8.78 Å². The molecular weight excluding hydrogens is 260 g/mol.